The highest BCUT2D eigenvalue weighted by Crippen LogP contribution is 2.28. The number of carbonyl (C=O) groups excluding carboxylic acids is 2. The van der Waals surface area contributed by atoms with Gasteiger partial charge in [0.05, 0.1) is 19.2 Å². The monoisotopic (exact) mass is 284 g/mol. The molecule has 5 heteroatoms. The number of nitrogens with one attached hydrogen (secondary N) is 1. The van der Waals surface area contributed by atoms with Crippen molar-refractivity contribution in [2.24, 2.45) is 0 Å². The minimum absolute atomic E-state index is 0.00917. The van der Waals surface area contributed by atoms with Crippen molar-refractivity contribution in [1.82, 2.24) is 10.2 Å². The Balaban J connectivity index is 2.57. The number of hydrogen-bond donors (Lipinski definition) is 1. The Hall–Kier alpha value is -1.10. The van der Waals surface area contributed by atoms with Gasteiger partial charge in [0.1, 0.15) is 0 Å². The normalized spacial score (nSPS) is 16.3. The van der Waals surface area contributed by atoms with Gasteiger partial charge in [-0.3, -0.25) is 14.5 Å². The van der Waals surface area contributed by atoms with E-state index in [1.54, 1.807) is 6.92 Å². The highest BCUT2D eigenvalue weighted by atomic mass is 16.5. The fourth-order valence-electron chi connectivity index (χ4n) is 2.31. The molecule has 1 rings (SSSR count). The molecule has 0 spiro atoms. The third kappa shape index (κ3) is 5.12. The van der Waals surface area contributed by atoms with Crippen LogP contribution in [0.4, 0.5) is 0 Å². The minimum Gasteiger partial charge on any atom is -0.465 e. The number of hydrogen-bond acceptors (Lipinski definition) is 4. The zero-order valence-electron chi connectivity index (χ0n) is 13.1. The maximum absolute atomic E-state index is 12.3. The Morgan fingerprint density at radius 2 is 1.85 bits per heavy atom. The molecule has 0 aromatic rings. The van der Waals surface area contributed by atoms with Crippen LogP contribution in [-0.2, 0) is 14.3 Å². The third-order valence-electron chi connectivity index (χ3n) is 3.84. The molecule has 0 radical (unpaired) electrons. The number of amides is 1. The lowest BCUT2D eigenvalue weighted by Gasteiger charge is -2.28. The van der Waals surface area contributed by atoms with Gasteiger partial charge < -0.3 is 10.1 Å². The van der Waals surface area contributed by atoms with Crippen LogP contribution >= 0.6 is 0 Å². The molecule has 1 aliphatic rings. The van der Waals surface area contributed by atoms with Crippen molar-refractivity contribution in [2.75, 3.05) is 13.2 Å². The van der Waals surface area contributed by atoms with Crippen LogP contribution in [0, 0.1) is 0 Å². The summed E-state index contributed by atoms with van der Waals surface area (Å²) in [7, 11) is 0. The van der Waals surface area contributed by atoms with Crippen molar-refractivity contribution in [2.45, 2.75) is 71.5 Å². The van der Waals surface area contributed by atoms with E-state index in [0.29, 0.717) is 12.6 Å². The smallest absolute Gasteiger partial charge is 0.320 e. The molecule has 1 aliphatic carbocycles. The molecule has 0 aromatic heterocycles. The lowest BCUT2D eigenvalue weighted by Crippen LogP contribution is -2.50. The summed E-state index contributed by atoms with van der Waals surface area (Å²) >= 11 is 0. The second kappa shape index (κ2) is 8.25. The van der Waals surface area contributed by atoms with Gasteiger partial charge in [0.25, 0.3) is 0 Å². The summed E-state index contributed by atoms with van der Waals surface area (Å²) in [6.07, 6.45) is 3.97. The Morgan fingerprint density at radius 3 is 2.30 bits per heavy atom. The van der Waals surface area contributed by atoms with E-state index in [4.69, 9.17) is 4.74 Å². The molecule has 20 heavy (non-hydrogen) atoms. The number of nitrogens with zero attached hydrogens (tertiary/aromatic N) is 1. The summed E-state index contributed by atoms with van der Waals surface area (Å²) in [6.45, 7) is 8.38. The summed E-state index contributed by atoms with van der Waals surface area (Å²) < 4.78 is 4.99. The van der Waals surface area contributed by atoms with Gasteiger partial charge in [0.15, 0.2) is 0 Å². The molecule has 116 valence electrons. The number of carbonyl (C=O) groups is 2. The molecule has 0 aromatic carbocycles. The second-order valence-corrected chi connectivity index (χ2v) is 5.41. The third-order valence-corrected chi connectivity index (χ3v) is 3.84. The molecule has 1 saturated carbocycles. The van der Waals surface area contributed by atoms with Crippen molar-refractivity contribution in [3.05, 3.63) is 0 Å². The lowest BCUT2D eigenvalue weighted by molar-refractivity contribution is -0.145. The standard InChI is InChI=1S/C15H28N2O3/c1-5-12(6-2)16-15(19)11(4)17(13-8-9-13)10-14(18)20-7-3/h11-13H,5-10H2,1-4H3,(H,16,19). The maximum Gasteiger partial charge on any atom is 0.320 e. The van der Waals surface area contributed by atoms with E-state index in [1.807, 2.05) is 11.8 Å². The molecule has 1 amide bonds. The Kier molecular flexibility index (Phi) is 6.99. The maximum atomic E-state index is 12.3. The predicted molar refractivity (Wildman–Crippen MR) is 78.3 cm³/mol. The summed E-state index contributed by atoms with van der Waals surface area (Å²) in [6, 6.07) is 0.281. The fraction of sp³-hybridized carbons (Fsp3) is 0.867. The molecule has 1 unspecified atom stereocenters. The quantitative estimate of drug-likeness (QED) is 0.655. The zero-order chi connectivity index (χ0) is 15.1. The van der Waals surface area contributed by atoms with E-state index < -0.39 is 0 Å². The van der Waals surface area contributed by atoms with E-state index in [-0.39, 0.29) is 30.5 Å². The first-order chi connectivity index (χ1) is 9.53. The summed E-state index contributed by atoms with van der Waals surface area (Å²) in [5.74, 6) is -0.239. The van der Waals surface area contributed by atoms with Gasteiger partial charge in [0, 0.05) is 12.1 Å². The predicted octanol–water partition coefficient (Wildman–Crippen LogP) is 1.71. The van der Waals surface area contributed by atoms with E-state index >= 15 is 0 Å². The van der Waals surface area contributed by atoms with Crippen LogP contribution in [0.2, 0.25) is 0 Å². The van der Waals surface area contributed by atoms with Crippen molar-refractivity contribution in [1.29, 1.82) is 0 Å². The number of rotatable bonds is 9. The average Bonchev–Trinajstić information content (AvgIpc) is 3.25. The molecule has 1 atom stereocenters. The average molecular weight is 284 g/mol. The highest BCUT2D eigenvalue weighted by molar-refractivity contribution is 5.82. The topological polar surface area (TPSA) is 58.6 Å². The molecule has 0 bridgehead atoms. The van der Waals surface area contributed by atoms with Crippen LogP contribution in [-0.4, -0.2) is 48.1 Å². The van der Waals surface area contributed by atoms with Crippen molar-refractivity contribution >= 4 is 11.9 Å². The van der Waals surface area contributed by atoms with Crippen LogP contribution in [0.3, 0.4) is 0 Å². The van der Waals surface area contributed by atoms with Crippen LogP contribution in [0.5, 0.6) is 0 Å². The molecule has 0 heterocycles. The van der Waals surface area contributed by atoms with Gasteiger partial charge in [0.2, 0.25) is 5.91 Å². The largest absolute Gasteiger partial charge is 0.465 e. The van der Waals surface area contributed by atoms with E-state index in [1.165, 1.54) is 0 Å². The Bertz CT molecular complexity index is 325. The van der Waals surface area contributed by atoms with Gasteiger partial charge >= 0.3 is 5.97 Å². The zero-order valence-corrected chi connectivity index (χ0v) is 13.1. The summed E-state index contributed by atoms with van der Waals surface area (Å²) in [5, 5.41) is 3.05. The van der Waals surface area contributed by atoms with Crippen LogP contribution in [0.15, 0.2) is 0 Å². The first-order valence-electron chi connectivity index (χ1n) is 7.75. The second-order valence-electron chi connectivity index (χ2n) is 5.41. The van der Waals surface area contributed by atoms with E-state index in [9.17, 15) is 9.59 Å². The lowest BCUT2D eigenvalue weighted by atomic mass is 10.1. The van der Waals surface area contributed by atoms with Crippen molar-refractivity contribution < 1.29 is 14.3 Å². The molecule has 0 aliphatic heterocycles. The Morgan fingerprint density at radius 1 is 1.25 bits per heavy atom. The first-order valence-corrected chi connectivity index (χ1v) is 7.75. The highest BCUT2D eigenvalue weighted by Gasteiger charge is 2.36. The fourth-order valence-corrected chi connectivity index (χ4v) is 2.31. The van der Waals surface area contributed by atoms with E-state index in [0.717, 1.165) is 25.7 Å². The molecule has 1 fully saturated rings. The van der Waals surface area contributed by atoms with Crippen molar-refractivity contribution in [3.63, 3.8) is 0 Å². The molecule has 5 nitrogen and oxygen atoms in total. The van der Waals surface area contributed by atoms with Gasteiger partial charge in [-0.1, -0.05) is 13.8 Å². The van der Waals surface area contributed by atoms with E-state index in [2.05, 4.69) is 19.2 Å². The molecule has 1 N–H and O–H groups in total. The SMILES string of the molecule is CCOC(=O)CN(C1CC1)C(C)C(=O)NC(CC)CC. The summed E-state index contributed by atoms with van der Waals surface area (Å²) in [5.41, 5.74) is 0. The first kappa shape index (κ1) is 17.0. The minimum atomic E-state index is -0.285. The molecule has 0 saturated heterocycles. The summed E-state index contributed by atoms with van der Waals surface area (Å²) in [4.78, 5) is 25.9. The van der Waals surface area contributed by atoms with Crippen molar-refractivity contribution in [3.8, 4) is 0 Å². The number of esters is 1. The van der Waals surface area contributed by atoms with Crippen LogP contribution < -0.4 is 5.32 Å². The molecular weight excluding hydrogens is 256 g/mol. The van der Waals surface area contributed by atoms with Gasteiger partial charge in [-0.15, -0.1) is 0 Å². The van der Waals surface area contributed by atoms with Gasteiger partial charge in [-0.25, -0.2) is 0 Å². The Labute approximate surface area is 122 Å². The van der Waals surface area contributed by atoms with Gasteiger partial charge in [-0.05, 0) is 39.5 Å². The molecular formula is C15H28N2O3. The van der Waals surface area contributed by atoms with Gasteiger partial charge in [-0.2, -0.15) is 0 Å². The van der Waals surface area contributed by atoms with Crippen LogP contribution in [0.1, 0.15) is 53.4 Å². The van der Waals surface area contributed by atoms with Crippen LogP contribution in [0.25, 0.3) is 0 Å². The number of ether oxygens (including phenoxy) is 1.